The molecule has 1 fully saturated rings. The summed E-state index contributed by atoms with van der Waals surface area (Å²) in [5.41, 5.74) is 1.77. The van der Waals surface area contributed by atoms with Crippen LogP contribution in [0, 0.1) is 17.6 Å². The number of aliphatic hydroxyl groups is 1. The number of methoxy groups -OCH3 is 1. The molecule has 4 atom stereocenters. The van der Waals surface area contributed by atoms with Gasteiger partial charge in [0.15, 0.2) is 0 Å². The van der Waals surface area contributed by atoms with Crippen LogP contribution < -0.4 is 20.2 Å². The van der Waals surface area contributed by atoms with E-state index in [9.17, 15) is 14.3 Å². The van der Waals surface area contributed by atoms with E-state index in [4.69, 9.17) is 9.47 Å². The number of hydrogen-bond acceptors (Lipinski definition) is 9. The molecule has 14 heteroatoms. The first kappa shape index (κ1) is 36.7. The maximum atomic E-state index is 15.1. The van der Waals surface area contributed by atoms with E-state index in [0.29, 0.717) is 19.4 Å². The molecule has 0 aliphatic carbocycles. The third-order valence-corrected chi connectivity index (χ3v) is 9.87. The van der Waals surface area contributed by atoms with E-state index in [2.05, 4.69) is 37.1 Å². The molecule has 0 amide bonds. The van der Waals surface area contributed by atoms with Gasteiger partial charge in [0.1, 0.15) is 42.0 Å². The Balaban J connectivity index is 1.03. The van der Waals surface area contributed by atoms with Crippen LogP contribution in [0.1, 0.15) is 45.2 Å². The van der Waals surface area contributed by atoms with Crippen molar-refractivity contribution in [1.82, 2.24) is 29.1 Å². The molecule has 3 heterocycles. The molecule has 1 N–H and O–H groups in total. The van der Waals surface area contributed by atoms with Crippen molar-refractivity contribution in [3.63, 3.8) is 0 Å². The highest BCUT2D eigenvalue weighted by Gasteiger charge is 2.38. The highest BCUT2D eigenvalue weighted by molar-refractivity contribution is 5.54. The Labute approximate surface area is 301 Å². The van der Waals surface area contributed by atoms with Crippen LogP contribution >= 0.6 is 0 Å². The van der Waals surface area contributed by atoms with Crippen LogP contribution in [-0.2, 0) is 16.9 Å². The largest absolute Gasteiger partial charge is 0.493 e. The van der Waals surface area contributed by atoms with Crippen molar-refractivity contribution in [2.24, 2.45) is 5.92 Å². The molecule has 1 aliphatic rings. The summed E-state index contributed by atoms with van der Waals surface area (Å²) in [7, 11) is 1.52. The summed E-state index contributed by atoms with van der Waals surface area (Å²) in [5.74, 6) is -0.665. The van der Waals surface area contributed by atoms with Crippen molar-refractivity contribution >= 4 is 11.4 Å². The summed E-state index contributed by atoms with van der Waals surface area (Å²) >= 11 is 0. The Morgan fingerprint density at radius 2 is 1.52 bits per heavy atom. The third-order valence-electron chi connectivity index (χ3n) is 9.87. The summed E-state index contributed by atoms with van der Waals surface area (Å²) in [6, 6.07) is 19.1. The Kier molecular flexibility index (Phi) is 11.3. The van der Waals surface area contributed by atoms with Crippen molar-refractivity contribution in [2.45, 2.75) is 57.9 Å². The Bertz CT molecular complexity index is 1940. The van der Waals surface area contributed by atoms with Crippen molar-refractivity contribution in [2.75, 3.05) is 49.7 Å². The molecule has 0 bridgehead atoms. The van der Waals surface area contributed by atoms with Crippen LogP contribution in [0.4, 0.5) is 20.2 Å². The van der Waals surface area contributed by atoms with Crippen LogP contribution in [0.15, 0.2) is 90.5 Å². The second kappa shape index (κ2) is 16.1. The van der Waals surface area contributed by atoms with Crippen molar-refractivity contribution in [1.29, 1.82) is 0 Å². The molecule has 6 rings (SSSR count). The fraction of sp³-hybridized carbons (Fsp3) is 0.421. The normalized spacial score (nSPS) is 16.4. The second-order valence-electron chi connectivity index (χ2n) is 13.5. The van der Waals surface area contributed by atoms with Gasteiger partial charge in [-0.25, -0.2) is 32.5 Å². The average molecular weight is 717 g/mol. The van der Waals surface area contributed by atoms with Crippen LogP contribution in [0.25, 0.3) is 5.69 Å². The first-order chi connectivity index (χ1) is 25.1. The predicted octanol–water partition coefficient (Wildman–Crippen LogP) is 5.21. The van der Waals surface area contributed by atoms with E-state index in [0.717, 1.165) is 55.1 Å². The summed E-state index contributed by atoms with van der Waals surface area (Å²) in [6.07, 6.45) is 4.77. The number of anilines is 2. The number of aromatic nitrogens is 6. The van der Waals surface area contributed by atoms with E-state index >= 15 is 4.39 Å². The summed E-state index contributed by atoms with van der Waals surface area (Å²) in [5, 5.41) is 18.5. The minimum Gasteiger partial charge on any atom is -0.493 e. The van der Waals surface area contributed by atoms with Gasteiger partial charge in [-0.2, -0.15) is 10.2 Å². The molecule has 0 spiro atoms. The molecule has 12 nitrogen and oxygen atoms in total. The Morgan fingerprint density at radius 3 is 2.08 bits per heavy atom. The highest BCUT2D eigenvalue weighted by atomic mass is 19.1. The van der Waals surface area contributed by atoms with Crippen LogP contribution in [-0.4, -0.2) is 80.2 Å². The van der Waals surface area contributed by atoms with Crippen LogP contribution in [0.2, 0.25) is 0 Å². The second-order valence-corrected chi connectivity index (χ2v) is 13.5. The zero-order valence-electron chi connectivity index (χ0n) is 30.0. The number of ether oxygens (including phenoxy) is 2. The van der Waals surface area contributed by atoms with Gasteiger partial charge in [-0.3, -0.25) is 0 Å². The molecule has 1 saturated heterocycles. The topological polar surface area (TPSA) is 116 Å². The standard InChI is InChI=1S/C38H46F2N8O4/c1-5-36(28(3)49)48-37(50)47(26-43-48)32-9-7-30(8-10-32)44-16-18-45(19-17-44)31-11-13-33(14-12-31)52-22-27(2)21-38(51-4,23-46-25-41-24-42-46)34-15-6-29(39)20-35(34)40/h6-15,20,24-28,36,49H,5,16-19,21-23H2,1-4H3/t27-,28+,36+,38+/m1/s1. The van der Waals surface area contributed by atoms with E-state index in [1.54, 1.807) is 17.9 Å². The van der Waals surface area contributed by atoms with Crippen LogP contribution in [0.5, 0.6) is 5.75 Å². The number of rotatable bonds is 15. The molecule has 52 heavy (non-hydrogen) atoms. The van der Waals surface area contributed by atoms with Gasteiger partial charge in [-0.1, -0.05) is 19.9 Å². The molecule has 3 aromatic carbocycles. The Hall–Kier alpha value is -5.08. The SMILES string of the molecule is CC[C@@H]([C@H](C)O)n1ncn(-c2ccc(N3CCN(c4ccc(OC[C@H](C)C[C@@](Cn5cncn5)(OC)c5ccc(F)cc5F)cc4)CC3)cc2)c1=O. The van der Waals surface area contributed by atoms with Gasteiger partial charge in [0, 0.05) is 56.3 Å². The van der Waals surface area contributed by atoms with Gasteiger partial charge in [-0.15, -0.1) is 0 Å². The monoisotopic (exact) mass is 716 g/mol. The molecule has 276 valence electrons. The number of piperazine rings is 1. The van der Waals surface area contributed by atoms with Crippen molar-refractivity contribution < 1.29 is 23.4 Å². The number of nitrogens with zero attached hydrogens (tertiary/aromatic N) is 8. The minimum atomic E-state index is -1.12. The van der Waals surface area contributed by atoms with Gasteiger partial charge in [0.2, 0.25) is 0 Å². The van der Waals surface area contributed by atoms with E-state index in [1.807, 2.05) is 50.2 Å². The quantitative estimate of drug-likeness (QED) is 0.156. The zero-order valence-corrected chi connectivity index (χ0v) is 30.0. The maximum absolute atomic E-state index is 15.1. The maximum Gasteiger partial charge on any atom is 0.350 e. The fourth-order valence-corrected chi connectivity index (χ4v) is 7.05. The van der Waals surface area contributed by atoms with E-state index < -0.39 is 23.3 Å². The molecule has 0 unspecified atom stereocenters. The number of hydrogen-bond donors (Lipinski definition) is 1. The lowest BCUT2D eigenvalue weighted by Gasteiger charge is -2.37. The van der Waals surface area contributed by atoms with E-state index in [-0.39, 0.29) is 29.8 Å². The Morgan fingerprint density at radius 1 is 0.885 bits per heavy atom. The first-order valence-corrected chi connectivity index (χ1v) is 17.6. The first-order valence-electron chi connectivity index (χ1n) is 17.6. The smallest absolute Gasteiger partial charge is 0.350 e. The van der Waals surface area contributed by atoms with Crippen molar-refractivity contribution in [3.8, 4) is 11.4 Å². The van der Waals surface area contributed by atoms with Gasteiger partial charge >= 0.3 is 5.69 Å². The van der Waals surface area contributed by atoms with Crippen molar-refractivity contribution in [3.05, 3.63) is 113 Å². The number of benzene rings is 3. The summed E-state index contributed by atoms with van der Waals surface area (Å²) in [6.45, 7) is 9.51. The van der Waals surface area contributed by atoms with Gasteiger partial charge < -0.3 is 24.4 Å². The highest BCUT2D eigenvalue weighted by Crippen LogP contribution is 2.36. The summed E-state index contributed by atoms with van der Waals surface area (Å²) in [4.78, 5) is 21.7. The lowest BCUT2D eigenvalue weighted by molar-refractivity contribution is -0.0555. The third kappa shape index (κ3) is 8.02. The lowest BCUT2D eigenvalue weighted by atomic mass is 9.84. The molecular weight excluding hydrogens is 670 g/mol. The molecule has 0 radical (unpaired) electrons. The molecule has 0 saturated carbocycles. The molecular formula is C38H46F2N8O4. The molecule has 2 aromatic heterocycles. The van der Waals surface area contributed by atoms with Gasteiger partial charge in [0.25, 0.3) is 0 Å². The average Bonchev–Trinajstić information content (AvgIpc) is 3.80. The molecule has 5 aromatic rings. The molecule has 1 aliphatic heterocycles. The fourth-order valence-electron chi connectivity index (χ4n) is 7.05. The predicted molar refractivity (Wildman–Crippen MR) is 194 cm³/mol. The van der Waals surface area contributed by atoms with Crippen LogP contribution in [0.3, 0.4) is 0 Å². The summed E-state index contributed by atoms with van der Waals surface area (Å²) < 4.78 is 45.4. The number of aliphatic hydroxyl groups excluding tert-OH is 1. The number of halogens is 2. The van der Waals surface area contributed by atoms with Gasteiger partial charge in [0.05, 0.1) is 31.0 Å². The van der Waals surface area contributed by atoms with Gasteiger partial charge in [-0.05, 0) is 80.3 Å². The van der Waals surface area contributed by atoms with E-state index in [1.165, 1.54) is 41.1 Å². The minimum absolute atomic E-state index is 0.0584. The lowest BCUT2D eigenvalue weighted by Crippen LogP contribution is -2.46. The zero-order chi connectivity index (χ0) is 36.8.